The lowest BCUT2D eigenvalue weighted by Gasteiger charge is -2.03. The third-order valence-corrected chi connectivity index (χ3v) is 5.78. The van der Waals surface area contributed by atoms with Crippen molar-refractivity contribution in [3.8, 4) is 11.3 Å². The molecule has 5 rings (SSSR count). The summed E-state index contributed by atoms with van der Waals surface area (Å²) in [6, 6.07) is 16.8. The van der Waals surface area contributed by atoms with Crippen LogP contribution >= 0.6 is 23.2 Å². The summed E-state index contributed by atoms with van der Waals surface area (Å²) < 4.78 is 7.91. The highest BCUT2D eigenvalue weighted by Gasteiger charge is 2.37. The molecule has 0 N–H and O–H groups in total. The van der Waals surface area contributed by atoms with E-state index in [1.54, 1.807) is 0 Å². The Hall–Kier alpha value is -3.08. The predicted molar refractivity (Wildman–Crippen MR) is 114 cm³/mol. The Morgan fingerprint density at radius 3 is 2.10 bits per heavy atom. The van der Waals surface area contributed by atoms with E-state index in [1.165, 1.54) is 18.2 Å². The summed E-state index contributed by atoms with van der Waals surface area (Å²) in [5.41, 5.74) is 3.92. The zero-order chi connectivity index (χ0) is 20.3. The second-order valence-electron chi connectivity index (χ2n) is 6.85. The molecule has 4 nitrogen and oxygen atoms in total. The van der Waals surface area contributed by atoms with Gasteiger partial charge in [-0.2, -0.15) is 0 Å². The van der Waals surface area contributed by atoms with E-state index >= 15 is 0 Å². The average molecular weight is 422 g/mol. The van der Waals surface area contributed by atoms with Crippen LogP contribution in [-0.4, -0.2) is 16.1 Å². The number of hydrogen-bond acceptors (Lipinski definition) is 3. The molecule has 0 aliphatic heterocycles. The van der Waals surface area contributed by atoms with Crippen molar-refractivity contribution in [2.45, 2.75) is 0 Å². The molecule has 142 valence electrons. The number of Topliss-reactive ketones (excluding diaryl/α,β-unsaturated/α-hetero) is 2. The monoisotopic (exact) mass is 421 g/mol. The van der Waals surface area contributed by atoms with Gasteiger partial charge in [0, 0.05) is 19.2 Å². The quantitative estimate of drug-likeness (QED) is 0.285. The normalized spacial score (nSPS) is 13.4. The molecule has 0 atom stereocenters. The second kappa shape index (κ2) is 6.48. The SMILES string of the molecule is Cn1c(-c2ccccc2)cc2oc(C=C3C(=O)c4c(Cl)ccc(Cl)c4C3=O)cc21. The standard InChI is InChI=1S/C23H13Cl2NO3/c1-26-17(12-5-3-2-4-6-12)11-19-18(26)10-13(29-19)9-14-22(27)20-15(24)7-8-16(25)21(20)23(14)28/h2-11H,1H3. The van der Waals surface area contributed by atoms with Gasteiger partial charge in [0.1, 0.15) is 5.76 Å². The molecular formula is C23H13Cl2NO3. The number of allylic oxidation sites excluding steroid dienone is 1. The molecule has 29 heavy (non-hydrogen) atoms. The van der Waals surface area contributed by atoms with Gasteiger partial charge in [0.2, 0.25) is 0 Å². The van der Waals surface area contributed by atoms with E-state index in [4.69, 9.17) is 27.6 Å². The highest BCUT2D eigenvalue weighted by Crippen LogP contribution is 2.38. The molecule has 0 fully saturated rings. The predicted octanol–water partition coefficient (Wildman–Crippen LogP) is 6.21. The van der Waals surface area contributed by atoms with Crippen LogP contribution in [0.5, 0.6) is 0 Å². The van der Waals surface area contributed by atoms with Crippen LogP contribution in [0.4, 0.5) is 0 Å². The summed E-state index contributed by atoms with van der Waals surface area (Å²) in [6.45, 7) is 0. The van der Waals surface area contributed by atoms with E-state index in [0.29, 0.717) is 11.3 Å². The molecule has 0 spiro atoms. The van der Waals surface area contributed by atoms with Crippen LogP contribution < -0.4 is 0 Å². The number of aromatic nitrogens is 1. The lowest BCUT2D eigenvalue weighted by molar-refractivity contribution is 0.0990. The number of furan rings is 1. The Balaban J connectivity index is 1.58. The summed E-state index contributed by atoms with van der Waals surface area (Å²) in [5.74, 6) is -0.465. The van der Waals surface area contributed by atoms with Gasteiger partial charge in [0.15, 0.2) is 17.1 Å². The molecule has 0 saturated carbocycles. The van der Waals surface area contributed by atoms with E-state index in [2.05, 4.69) is 0 Å². The van der Waals surface area contributed by atoms with Crippen LogP contribution in [0, 0.1) is 0 Å². The first-order valence-electron chi connectivity index (χ1n) is 8.89. The zero-order valence-corrected chi connectivity index (χ0v) is 16.7. The number of fused-ring (bicyclic) bond motifs is 2. The van der Waals surface area contributed by atoms with E-state index < -0.39 is 11.6 Å². The van der Waals surface area contributed by atoms with Crippen molar-refractivity contribution in [1.29, 1.82) is 0 Å². The van der Waals surface area contributed by atoms with Gasteiger partial charge in [-0.3, -0.25) is 9.59 Å². The maximum absolute atomic E-state index is 12.8. The molecule has 0 amide bonds. The van der Waals surface area contributed by atoms with Crippen molar-refractivity contribution >= 4 is 51.9 Å². The Kier molecular flexibility index (Phi) is 4.02. The molecule has 1 aliphatic rings. The number of aryl methyl sites for hydroxylation is 1. The van der Waals surface area contributed by atoms with Gasteiger partial charge in [0.25, 0.3) is 0 Å². The molecule has 0 radical (unpaired) electrons. The molecular weight excluding hydrogens is 409 g/mol. The molecule has 6 heteroatoms. The summed E-state index contributed by atoms with van der Waals surface area (Å²) in [4.78, 5) is 25.5. The summed E-state index contributed by atoms with van der Waals surface area (Å²) in [6.07, 6.45) is 1.46. The highest BCUT2D eigenvalue weighted by atomic mass is 35.5. The van der Waals surface area contributed by atoms with Crippen molar-refractivity contribution in [2.75, 3.05) is 0 Å². The molecule has 0 unspecified atom stereocenters. The van der Waals surface area contributed by atoms with Crippen LogP contribution in [0.15, 0.2) is 64.6 Å². The Bertz CT molecular complexity index is 1320. The zero-order valence-electron chi connectivity index (χ0n) is 15.2. The Labute approximate surface area is 175 Å². The fourth-order valence-corrected chi connectivity index (χ4v) is 4.22. The molecule has 0 bridgehead atoms. The van der Waals surface area contributed by atoms with Crippen molar-refractivity contribution in [3.63, 3.8) is 0 Å². The van der Waals surface area contributed by atoms with Crippen molar-refractivity contribution in [1.82, 2.24) is 4.57 Å². The number of hydrogen-bond donors (Lipinski definition) is 0. The van der Waals surface area contributed by atoms with Crippen molar-refractivity contribution in [3.05, 3.63) is 87.1 Å². The van der Waals surface area contributed by atoms with Gasteiger partial charge in [-0.25, -0.2) is 0 Å². The second-order valence-corrected chi connectivity index (χ2v) is 7.66. The van der Waals surface area contributed by atoms with Gasteiger partial charge >= 0.3 is 0 Å². The maximum atomic E-state index is 12.8. The molecule has 1 aliphatic carbocycles. The van der Waals surface area contributed by atoms with Crippen LogP contribution in [0.25, 0.3) is 28.4 Å². The smallest absolute Gasteiger partial charge is 0.199 e. The molecule has 2 heterocycles. The number of nitrogens with zero attached hydrogens (tertiary/aromatic N) is 1. The van der Waals surface area contributed by atoms with E-state index in [0.717, 1.165) is 16.8 Å². The molecule has 4 aromatic rings. The number of ketones is 2. The van der Waals surface area contributed by atoms with Gasteiger partial charge < -0.3 is 8.98 Å². The summed E-state index contributed by atoms with van der Waals surface area (Å²) in [5, 5.41) is 0.423. The van der Waals surface area contributed by atoms with E-state index in [-0.39, 0.29) is 26.7 Å². The first kappa shape index (κ1) is 18.0. The van der Waals surface area contributed by atoms with Crippen LogP contribution in [0.2, 0.25) is 10.0 Å². The molecule has 0 saturated heterocycles. The average Bonchev–Trinajstić information content (AvgIpc) is 3.33. The number of halogens is 2. The number of carbonyl (C=O) groups excluding carboxylic acids is 2. The first-order valence-corrected chi connectivity index (χ1v) is 9.65. The lowest BCUT2D eigenvalue weighted by atomic mass is 10.1. The van der Waals surface area contributed by atoms with Crippen molar-refractivity contribution < 1.29 is 14.0 Å². The van der Waals surface area contributed by atoms with Crippen LogP contribution in [-0.2, 0) is 7.05 Å². The summed E-state index contributed by atoms with van der Waals surface area (Å²) >= 11 is 12.3. The van der Waals surface area contributed by atoms with Gasteiger partial charge in [-0.05, 0) is 23.8 Å². The first-order chi connectivity index (χ1) is 14.0. The molecule has 2 aromatic heterocycles. The van der Waals surface area contributed by atoms with E-state index in [1.807, 2.05) is 54.1 Å². The Morgan fingerprint density at radius 2 is 1.52 bits per heavy atom. The largest absolute Gasteiger partial charge is 0.455 e. The van der Waals surface area contributed by atoms with Crippen molar-refractivity contribution in [2.24, 2.45) is 7.05 Å². The van der Waals surface area contributed by atoms with Crippen LogP contribution in [0.3, 0.4) is 0 Å². The van der Waals surface area contributed by atoms with Gasteiger partial charge in [0.05, 0.1) is 38.0 Å². The fourth-order valence-electron chi connectivity index (χ4n) is 3.73. The number of benzene rings is 2. The van der Waals surface area contributed by atoms with E-state index in [9.17, 15) is 9.59 Å². The third-order valence-electron chi connectivity index (χ3n) is 5.15. The van der Waals surface area contributed by atoms with Gasteiger partial charge in [-0.15, -0.1) is 0 Å². The highest BCUT2D eigenvalue weighted by molar-refractivity contribution is 6.49. The number of rotatable bonds is 2. The minimum absolute atomic E-state index is 0.00246. The summed E-state index contributed by atoms with van der Waals surface area (Å²) in [7, 11) is 1.94. The molecule has 2 aromatic carbocycles. The van der Waals surface area contributed by atoms with Crippen LogP contribution in [0.1, 0.15) is 26.5 Å². The Morgan fingerprint density at radius 1 is 0.897 bits per heavy atom. The van der Waals surface area contributed by atoms with Gasteiger partial charge in [-0.1, -0.05) is 53.5 Å². The number of carbonyl (C=O) groups is 2. The fraction of sp³-hybridized carbons (Fsp3) is 0.0435. The minimum atomic E-state index is -0.442. The maximum Gasteiger partial charge on any atom is 0.199 e. The topological polar surface area (TPSA) is 52.2 Å². The minimum Gasteiger partial charge on any atom is -0.455 e. The third kappa shape index (κ3) is 2.68. The lowest BCUT2D eigenvalue weighted by Crippen LogP contribution is -2.00.